The highest BCUT2D eigenvalue weighted by Crippen LogP contribution is 2.13. The van der Waals surface area contributed by atoms with Crippen LogP contribution in [0.25, 0.3) is 0 Å². The zero-order chi connectivity index (χ0) is 18.8. The summed E-state index contributed by atoms with van der Waals surface area (Å²) in [4.78, 5) is 24.5. The zero-order valence-electron chi connectivity index (χ0n) is 15.2. The lowest BCUT2D eigenvalue weighted by molar-refractivity contribution is -0.142. The van der Waals surface area contributed by atoms with Gasteiger partial charge in [-0.25, -0.2) is 4.79 Å². The van der Waals surface area contributed by atoms with Crippen LogP contribution in [0.2, 0.25) is 0 Å². The number of carbonyl (C=O) groups excluding carboxylic acids is 2. The minimum atomic E-state index is -0.740. The van der Waals surface area contributed by atoms with Crippen molar-refractivity contribution in [3.8, 4) is 5.75 Å². The van der Waals surface area contributed by atoms with Gasteiger partial charge in [0.25, 0.3) is 5.91 Å². The summed E-state index contributed by atoms with van der Waals surface area (Å²) in [5.41, 5.74) is 1.41. The molecule has 138 valence electrons. The topological polar surface area (TPSA) is 64.6 Å². The third-order valence-electron chi connectivity index (χ3n) is 3.96. The van der Waals surface area contributed by atoms with Crippen molar-refractivity contribution in [3.63, 3.8) is 0 Å². The molecule has 5 heteroatoms. The van der Waals surface area contributed by atoms with Crippen LogP contribution in [0.1, 0.15) is 35.7 Å². The molecule has 0 saturated carbocycles. The predicted molar refractivity (Wildman–Crippen MR) is 100 cm³/mol. The number of nitrogens with one attached hydrogen (secondary N) is 1. The van der Waals surface area contributed by atoms with Crippen molar-refractivity contribution in [2.24, 2.45) is 0 Å². The van der Waals surface area contributed by atoms with Gasteiger partial charge in [0.1, 0.15) is 11.8 Å². The van der Waals surface area contributed by atoms with Crippen LogP contribution in [-0.2, 0) is 16.0 Å². The maximum absolute atomic E-state index is 12.5. The molecular formula is C21H25NO4. The van der Waals surface area contributed by atoms with E-state index in [0.29, 0.717) is 18.6 Å². The van der Waals surface area contributed by atoms with Crippen molar-refractivity contribution in [2.75, 3.05) is 13.7 Å². The van der Waals surface area contributed by atoms with Crippen LogP contribution < -0.4 is 10.1 Å². The first kappa shape index (κ1) is 19.5. The Balaban J connectivity index is 2.00. The van der Waals surface area contributed by atoms with E-state index in [2.05, 4.69) is 12.2 Å². The largest absolute Gasteiger partial charge is 0.494 e. The summed E-state index contributed by atoms with van der Waals surface area (Å²) in [7, 11) is 1.31. The van der Waals surface area contributed by atoms with Gasteiger partial charge >= 0.3 is 5.97 Å². The lowest BCUT2D eigenvalue weighted by Crippen LogP contribution is -2.43. The maximum atomic E-state index is 12.5. The van der Waals surface area contributed by atoms with Crippen molar-refractivity contribution >= 4 is 11.9 Å². The summed E-state index contributed by atoms with van der Waals surface area (Å²) in [5.74, 6) is -0.0676. The van der Waals surface area contributed by atoms with Crippen LogP contribution in [0.5, 0.6) is 5.75 Å². The zero-order valence-corrected chi connectivity index (χ0v) is 15.2. The molecule has 0 aromatic heterocycles. The Morgan fingerprint density at radius 2 is 1.73 bits per heavy atom. The van der Waals surface area contributed by atoms with Gasteiger partial charge in [0, 0.05) is 12.0 Å². The predicted octanol–water partition coefficient (Wildman–Crippen LogP) is 3.38. The number of hydrogen-bond acceptors (Lipinski definition) is 4. The first-order valence-electron chi connectivity index (χ1n) is 8.79. The lowest BCUT2D eigenvalue weighted by atomic mass is 10.1. The molecule has 2 rings (SSSR count). The van der Waals surface area contributed by atoms with Gasteiger partial charge in [-0.2, -0.15) is 0 Å². The molecule has 1 unspecified atom stereocenters. The third-order valence-corrected chi connectivity index (χ3v) is 3.96. The van der Waals surface area contributed by atoms with Crippen molar-refractivity contribution in [1.82, 2.24) is 5.32 Å². The molecule has 0 spiro atoms. The summed E-state index contributed by atoms with van der Waals surface area (Å²) in [5, 5.41) is 2.75. The number of rotatable bonds is 9. The van der Waals surface area contributed by atoms with E-state index in [1.165, 1.54) is 7.11 Å². The van der Waals surface area contributed by atoms with E-state index in [-0.39, 0.29) is 5.91 Å². The van der Waals surface area contributed by atoms with Crippen LogP contribution in [0, 0.1) is 0 Å². The monoisotopic (exact) mass is 355 g/mol. The van der Waals surface area contributed by atoms with Gasteiger partial charge in [-0.05, 0) is 36.2 Å². The average Bonchev–Trinajstić information content (AvgIpc) is 2.68. The van der Waals surface area contributed by atoms with Crippen LogP contribution in [-0.4, -0.2) is 31.6 Å². The van der Waals surface area contributed by atoms with E-state index in [1.807, 2.05) is 30.3 Å². The number of unbranched alkanes of at least 4 members (excludes halogenated alkanes) is 1. The number of ether oxygens (including phenoxy) is 2. The average molecular weight is 355 g/mol. The number of carbonyl (C=O) groups is 2. The summed E-state index contributed by atoms with van der Waals surface area (Å²) < 4.78 is 10.4. The second kappa shape index (κ2) is 10.2. The Hall–Kier alpha value is -2.82. The van der Waals surface area contributed by atoms with Crippen molar-refractivity contribution in [1.29, 1.82) is 0 Å². The van der Waals surface area contributed by atoms with Gasteiger partial charge in [-0.15, -0.1) is 0 Å². The van der Waals surface area contributed by atoms with Crippen LogP contribution in [0.3, 0.4) is 0 Å². The molecule has 1 amide bonds. The molecule has 2 aromatic rings. The number of amides is 1. The Morgan fingerprint density at radius 1 is 1.04 bits per heavy atom. The molecule has 1 N–H and O–H groups in total. The van der Waals surface area contributed by atoms with Gasteiger partial charge in [0.15, 0.2) is 0 Å². The fourth-order valence-corrected chi connectivity index (χ4v) is 2.46. The van der Waals surface area contributed by atoms with E-state index in [0.717, 1.165) is 24.2 Å². The fraction of sp³-hybridized carbons (Fsp3) is 0.333. The first-order chi connectivity index (χ1) is 12.6. The standard InChI is InChI=1S/C21H25NO4/c1-3-4-14-26-18-12-10-17(11-13-18)20(23)22-19(21(24)25-2)15-16-8-6-5-7-9-16/h5-13,19H,3-4,14-15H2,1-2H3,(H,22,23). The normalized spacial score (nSPS) is 11.5. The van der Waals surface area contributed by atoms with E-state index in [9.17, 15) is 9.59 Å². The highest BCUT2D eigenvalue weighted by molar-refractivity contribution is 5.96. The molecule has 26 heavy (non-hydrogen) atoms. The van der Waals surface area contributed by atoms with Gasteiger partial charge in [0.2, 0.25) is 0 Å². The molecule has 0 radical (unpaired) electrons. The van der Waals surface area contributed by atoms with Crippen LogP contribution in [0.4, 0.5) is 0 Å². The summed E-state index contributed by atoms with van der Waals surface area (Å²) in [6.07, 6.45) is 2.43. The van der Waals surface area contributed by atoms with Crippen LogP contribution >= 0.6 is 0 Å². The maximum Gasteiger partial charge on any atom is 0.328 e. The smallest absolute Gasteiger partial charge is 0.328 e. The summed E-state index contributed by atoms with van der Waals surface area (Å²) >= 11 is 0. The molecule has 0 heterocycles. The lowest BCUT2D eigenvalue weighted by Gasteiger charge is -2.17. The van der Waals surface area contributed by atoms with Gasteiger partial charge in [0.05, 0.1) is 13.7 Å². The van der Waals surface area contributed by atoms with Gasteiger partial charge < -0.3 is 14.8 Å². The minimum absolute atomic E-state index is 0.323. The fourth-order valence-electron chi connectivity index (χ4n) is 2.46. The number of methoxy groups -OCH3 is 1. The van der Waals surface area contributed by atoms with Crippen molar-refractivity contribution < 1.29 is 19.1 Å². The Kier molecular flexibility index (Phi) is 7.68. The molecule has 1 atom stereocenters. The highest BCUT2D eigenvalue weighted by Gasteiger charge is 2.22. The van der Waals surface area contributed by atoms with Crippen molar-refractivity contribution in [3.05, 3.63) is 65.7 Å². The highest BCUT2D eigenvalue weighted by atomic mass is 16.5. The molecular weight excluding hydrogens is 330 g/mol. The number of esters is 1. The summed E-state index contributed by atoms with van der Waals surface area (Å²) in [6.45, 7) is 2.76. The molecule has 0 saturated heterocycles. The quantitative estimate of drug-likeness (QED) is 0.553. The molecule has 0 aliphatic heterocycles. The molecule has 0 aliphatic carbocycles. The van der Waals surface area contributed by atoms with Crippen molar-refractivity contribution in [2.45, 2.75) is 32.2 Å². The Bertz CT molecular complexity index is 698. The molecule has 0 aliphatic rings. The SMILES string of the molecule is CCCCOc1ccc(C(=O)NC(Cc2ccccc2)C(=O)OC)cc1. The van der Waals surface area contributed by atoms with Gasteiger partial charge in [-0.3, -0.25) is 4.79 Å². The summed E-state index contributed by atoms with van der Waals surface area (Å²) in [6, 6.07) is 15.7. The molecule has 0 bridgehead atoms. The van der Waals surface area contributed by atoms with E-state index < -0.39 is 12.0 Å². The first-order valence-corrected chi connectivity index (χ1v) is 8.79. The number of hydrogen-bond donors (Lipinski definition) is 1. The second-order valence-electron chi connectivity index (χ2n) is 5.97. The van der Waals surface area contributed by atoms with E-state index in [1.54, 1.807) is 24.3 Å². The van der Waals surface area contributed by atoms with Gasteiger partial charge in [-0.1, -0.05) is 43.7 Å². The third kappa shape index (κ3) is 5.92. The minimum Gasteiger partial charge on any atom is -0.494 e. The number of benzene rings is 2. The Labute approximate surface area is 154 Å². The molecule has 2 aromatic carbocycles. The second-order valence-corrected chi connectivity index (χ2v) is 5.97. The molecule has 5 nitrogen and oxygen atoms in total. The Morgan fingerprint density at radius 3 is 2.35 bits per heavy atom. The van der Waals surface area contributed by atoms with E-state index >= 15 is 0 Å². The van der Waals surface area contributed by atoms with E-state index in [4.69, 9.17) is 9.47 Å². The van der Waals surface area contributed by atoms with Crippen LogP contribution in [0.15, 0.2) is 54.6 Å². The molecule has 0 fully saturated rings.